The zero-order valence-electron chi connectivity index (χ0n) is 18.1. The van der Waals surface area contributed by atoms with E-state index in [2.05, 4.69) is 0 Å². The second kappa shape index (κ2) is 10.4. The lowest BCUT2D eigenvalue weighted by atomic mass is 9.91. The van der Waals surface area contributed by atoms with Crippen molar-refractivity contribution in [1.82, 2.24) is 4.72 Å². The zero-order valence-corrected chi connectivity index (χ0v) is 21.1. The summed E-state index contributed by atoms with van der Waals surface area (Å²) in [6.45, 7) is -1.38. The molecule has 0 aromatic rings. The van der Waals surface area contributed by atoms with Crippen LogP contribution < -0.4 is 28.7 Å². The second-order valence-electron chi connectivity index (χ2n) is 8.23. The number of rotatable bonds is 12. The smallest absolute Gasteiger partial charge is 0.460 e. The average molecular weight is 726 g/mol. The maximum absolute atomic E-state index is 13.8. The van der Waals surface area contributed by atoms with Gasteiger partial charge in [0.2, 0.25) is 0 Å². The van der Waals surface area contributed by atoms with Crippen LogP contribution in [0.4, 0.5) is 74.6 Å². The highest BCUT2D eigenvalue weighted by Gasteiger charge is 2.96. The number of hydrogen-bond donors (Lipinski definition) is 1. The highest BCUT2D eigenvalue weighted by atomic mass is 127. The normalized spacial score (nSPS) is 16.0. The highest BCUT2D eigenvalue weighted by molar-refractivity contribution is 7.90. The molecule has 0 atom stereocenters. The van der Waals surface area contributed by atoms with Gasteiger partial charge in [0, 0.05) is 13.0 Å². The molecule has 37 heavy (non-hydrogen) atoms. The SMILES string of the molecule is C[N+](C)(C)CCCNS(=O)(=O)C(F)(F)C(F)(F)C(F)(F)C(F)(F)C(F)(F)C(F)(F)C(F)(F)C(F)(F)F.[I-]. The fraction of sp³-hybridized carbons (Fsp3) is 1.00. The van der Waals surface area contributed by atoms with Gasteiger partial charge in [0.15, 0.2) is 0 Å². The van der Waals surface area contributed by atoms with Gasteiger partial charge in [-0.2, -0.15) is 74.6 Å². The summed E-state index contributed by atoms with van der Waals surface area (Å²) in [6.07, 6.45) is -8.37. The first-order valence-electron chi connectivity index (χ1n) is 8.72. The Morgan fingerprint density at radius 1 is 0.568 bits per heavy atom. The Morgan fingerprint density at radius 2 is 0.865 bits per heavy atom. The van der Waals surface area contributed by atoms with Crippen LogP contribution in [0.15, 0.2) is 0 Å². The molecule has 0 unspecified atom stereocenters. The molecule has 0 radical (unpaired) electrons. The molecule has 0 fully saturated rings. The molecule has 0 spiro atoms. The Hall–Kier alpha value is -0.590. The van der Waals surface area contributed by atoms with E-state index in [-0.39, 0.29) is 35.0 Å². The number of quaternary nitrogens is 1. The third-order valence-electron chi connectivity index (χ3n) is 4.33. The lowest BCUT2D eigenvalue weighted by Gasteiger charge is -2.42. The molecule has 0 aliphatic carbocycles. The Morgan fingerprint density at radius 3 is 1.16 bits per heavy atom. The van der Waals surface area contributed by atoms with Crippen LogP contribution in [0.2, 0.25) is 0 Å². The molecule has 0 saturated heterocycles. The standard InChI is InChI=1S/C14H16F17N2O2S.HI/c1-33(2,3)6-4-5-32-36(34,35)14(30,31)12(25,26)10(21,22)8(17,18)7(15,16)9(19,20)11(23,24)13(27,28)29;/h32H,4-6H2,1-3H3;1H/q+1;/p-1. The minimum atomic E-state index is -8.83. The van der Waals surface area contributed by atoms with Gasteiger partial charge in [-0.15, -0.1) is 0 Å². The van der Waals surface area contributed by atoms with Crippen LogP contribution in [0.5, 0.6) is 0 Å². The maximum Gasteiger partial charge on any atom is 0.460 e. The molecule has 0 aromatic carbocycles. The van der Waals surface area contributed by atoms with E-state index >= 15 is 0 Å². The first kappa shape index (κ1) is 38.6. The molecule has 4 nitrogen and oxygen atoms in total. The molecule has 0 aliphatic rings. The molecule has 0 rings (SSSR count). The summed E-state index contributed by atoms with van der Waals surface area (Å²) in [6, 6.07) is 0. The van der Waals surface area contributed by atoms with Gasteiger partial charge in [-0.25, -0.2) is 13.1 Å². The van der Waals surface area contributed by atoms with E-state index in [1.165, 1.54) is 21.1 Å². The zero-order chi connectivity index (χ0) is 29.8. The molecule has 1 N–H and O–H groups in total. The molecule has 0 heterocycles. The topological polar surface area (TPSA) is 46.2 Å². The van der Waals surface area contributed by atoms with Crippen LogP contribution in [0, 0.1) is 0 Å². The Balaban J connectivity index is 0. The van der Waals surface area contributed by atoms with Gasteiger partial charge in [-0.3, -0.25) is 0 Å². The van der Waals surface area contributed by atoms with E-state index in [0.717, 1.165) is 0 Å². The third kappa shape index (κ3) is 6.11. The van der Waals surface area contributed by atoms with Gasteiger partial charge in [0.05, 0.1) is 27.7 Å². The van der Waals surface area contributed by atoms with Crippen LogP contribution in [0.3, 0.4) is 0 Å². The van der Waals surface area contributed by atoms with Crippen molar-refractivity contribution in [2.45, 2.75) is 53.4 Å². The van der Waals surface area contributed by atoms with Gasteiger partial charge in [0.25, 0.3) is 10.0 Å². The molecule has 0 amide bonds. The van der Waals surface area contributed by atoms with Gasteiger partial charge in [-0.1, -0.05) is 0 Å². The molecule has 0 aliphatic heterocycles. The van der Waals surface area contributed by atoms with Crippen LogP contribution in [0.1, 0.15) is 6.42 Å². The van der Waals surface area contributed by atoms with E-state index < -0.39 is 70.0 Å². The van der Waals surface area contributed by atoms with Crippen LogP contribution in [-0.2, 0) is 10.0 Å². The lowest BCUT2D eigenvalue weighted by Crippen LogP contribution is -3.00. The van der Waals surface area contributed by atoms with Crippen molar-refractivity contribution in [3.8, 4) is 0 Å². The summed E-state index contributed by atoms with van der Waals surface area (Å²) in [5.74, 6) is -51.5. The van der Waals surface area contributed by atoms with Crippen molar-refractivity contribution in [2.75, 3.05) is 34.2 Å². The third-order valence-corrected chi connectivity index (χ3v) is 5.84. The number of hydrogen-bond acceptors (Lipinski definition) is 2. The second-order valence-corrected chi connectivity index (χ2v) is 10.0. The summed E-state index contributed by atoms with van der Waals surface area (Å²) >= 11 is 0. The minimum Gasteiger partial charge on any atom is -1.00 e. The van der Waals surface area contributed by atoms with E-state index in [0.29, 0.717) is 4.72 Å². The number of halogens is 18. The predicted octanol–water partition coefficient (Wildman–Crippen LogP) is 1.97. The minimum absolute atomic E-state index is 0. The van der Waals surface area contributed by atoms with E-state index in [4.69, 9.17) is 0 Å². The van der Waals surface area contributed by atoms with Crippen molar-refractivity contribution < 1.29 is 112 Å². The van der Waals surface area contributed by atoms with Gasteiger partial charge >= 0.3 is 47.0 Å². The number of nitrogens with one attached hydrogen (secondary N) is 1. The Bertz CT molecular complexity index is 897. The summed E-state index contributed by atoms with van der Waals surface area (Å²) in [5.41, 5.74) is 0. The summed E-state index contributed by atoms with van der Waals surface area (Å²) < 4.78 is 247. The predicted molar refractivity (Wildman–Crippen MR) is 85.1 cm³/mol. The fourth-order valence-electron chi connectivity index (χ4n) is 2.17. The molecule has 226 valence electrons. The van der Waals surface area contributed by atoms with Crippen molar-refractivity contribution in [3.63, 3.8) is 0 Å². The average Bonchev–Trinajstić information content (AvgIpc) is 2.62. The van der Waals surface area contributed by atoms with Crippen LogP contribution in [0.25, 0.3) is 0 Å². The highest BCUT2D eigenvalue weighted by Crippen LogP contribution is 2.64. The Labute approximate surface area is 214 Å². The first-order valence-corrected chi connectivity index (χ1v) is 10.2. The number of sulfonamides is 1. The van der Waals surface area contributed by atoms with E-state index in [1.807, 2.05) is 0 Å². The quantitative estimate of drug-likeness (QED) is 0.145. The number of nitrogens with zero attached hydrogens (tertiary/aromatic N) is 1. The largest absolute Gasteiger partial charge is 1.00 e. The van der Waals surface area contributed by atoms with E-state index in [1.54, 1.807) is 0 Å². The molecular weight excluding hydrogens is 710 g/mol. The fourth-order valence-corrected chi connectivity index (χ4v) is 3.23. The molecule has 0 aromatic heterocycles. The summed E-state index contributed by atoms with van der Waals surface area (Å²) in [5, 5.41) is -7.53. The van der Waals surface area contributed by atoms with Crippen LogP contribution in [-0.4, -0.2) is 94.1 Å². The van der Waals surface area contributed by atoms with Crippen molar-refractivity contribution in [2.24, 2.45) is 0 Å². The molecular formula is C14H16F17IN2O2S. The van der Waals surface area contributed by atoms with Gasteiger partial charge in [-0.05, 0) is 0 Å². The lowest BCUT2D eigenvalue weighted by molar-refractivity contribution is -0.870. The van der Waals surface area contributed by atoms with Crippen molar-refractivity contribution >= 4 is 10.0 Å². The van der Waals surface area contributed by atoms with Gasteiger partial charge in [0.1, 0.15) is 0 Å². The maximum atomic E-state index is 13.8. The van der Waals surface area contributed by atoms with Crippen molar-refractivity contribution in [1.29, 1.82) is 0 Å². The van der Waals surface area contributed by atoms with E-state index in [9.17, 15) is 83.1 Å². The van der Waals surface area contributed by atoms with Crippen molar-refractivity contribution in [3.05, 3.63) is 0 Å². The summed E-state index contributed by atoms with van der Waals surface area (Å²) in [7, 11) is -2.94. The monoisotopic (exact) mass is 726 g/mol. The first-order chi connectivity index (χ1) is 15.2. The van der Waals surface area contributed by atoms with Crippen LogP contribution >= 0.6 is 0 Å². The number of alkyl halides is 17. The molecule has 23 heteroatoms. The molecule has 0 saturated carbocycles. The van der Waals surface area contributed by atoms with Gasteiger partial charge < -0.3 is 28.5 Å². The summed E-state index contributed by atoms with van der Waals surface area (Å²) in [4.78, 5) is 0. The molecule has 0 bridgehead atoms. The Kier molecular flexibility index (Phi) is 10.9.